The molecule has 3 aromatic rings. The smallest absolute Gasteiger partial charge is 0.140 e. The van der Waals surface area contributed by atoms with Gasteiger partial charge in [0, 0.05) is 63.1 Å². The van der Waals surface area contributed by atoms with Gasteiger partial charge in [0.15, 0.2) is 0 Å². The molecule has 0 saturated carbocycles. The minimum Gasteiger partial charge on any atom is -0.353 e. The molecule has 0 amide bonds. The van der Waals surface area contributed by atoms with Gasteiger partial charge in [-0.1, -0.05) is 0 Å². The first-order valence-electron chi connectivity index (χ1n) is 7.79. The van der Waals surface area contributed by atoms with Crippen molar-refractivity contribution in [1.82, 2.24) is 29.6 Å². The van der Waals surface area contributed by atoms with Crippen LogP contribution in [0.15, 0.2) is 37.2 Å². The van der Waals surface area contributed by atoms with Gasteiger partial charge in [-0.05, 0) is 6.07 Å². The van der Waals surface area contributed by atoms with E-state index in [1.807, 2.05) is 24.0 Å². The predicted octanol–water partition coefficient (Wildman–Crippen LogP) is 1.08. The van der Waals surface area contributed by atoms with Crippen molar-refractivity contribution >= 4 is 16.7 Å². The zero-order valence-corrected chi connectivity index (χ0v) is 13.1. The van der Waals surface area contributed by atoms with Gasteiger partial charge in [0.05, 0.1) is 17.9 Å². The fraction of sp³-hybridized carbons (Fsp3) is 0.375. The van der Waals surface area contributed by atoms with Gasteiger partial charge in [-0.15, -0.1) is 0 Å². The van der Waals surface area contributed by atoms with Gasteiger partial charge in [0.25, 0.3) is 0 Å². The van der Waals surface area contributed by atoms with E-state index in [4.69, 9.17) is 0 Å². The maximum atomic E-state index is 4.50. The van der Waals surface area contributed by atoms with Crippen LogP contribution in [0.4, 0.5) is 5.82 Å². The van der Waals surface area contributed by atoms with E-state index in [-0.39, 0.29) is 0 Å². The Morgan fingerprint density at radius 1 is 1.09 bits per heavy atom. The quantitative estimate of drug-likeness (QED) is 0.721. The van der Waals surface area contributed by atoms with Gasteiger partial charge in [-0.25, -0.2) is 9.97 Å². The number of aromatic nitrogens is 5. The summed E-state index contributed by atoms with van der Waals surface area (Å²) in [7, 11) is 1.95. The van der Waals surface area contributed by atoms with Crippen molar-refractivity contribution in [2.24, 2.45) is 7.05 Å². The molecule has 0 spiro atoms. The maximum absolute atomic E-state index is 4.50. The van der Waals surface area contributed by atoms with Crippen molar-refractivity contribution < 1.29 is 0 Å². The van der Waals surface area contributed by atoms with E-state index in [0.29, 0.717) is 0 Å². The minimum absolute atomic E-state index is 0.898. The van der Waals surface area contributed by atoms with Crippen LogP contribution in [0.5, 0.6) is 0 Å². The van der Waals surface area contributed by atoms with Crippen molar-refractivity contribution in [3.63, 3.8) is 0 Å². The first-order chi connectivity index (χ1) is 11.3. The Hall–Kier alpha value is -2.54. The Bertz CT molecular complexity index is 800. The molecule has 0 aliphatic carbocycles. The van der Waals surface area contributed by atoms with E-state index >= 15 is 0 Å². The molecule has 4 heterocycles. The third-order valence-corrected chi connectivity index (χ3v) is 4.25. The Morgan fingerprint density at radius 2 is 1.96 bits per heavy atom. The number of fused-ring (bicyclic) bond motifs is 1. The predicted molar refractivity (Wildman–Crippen MR) is 88.0 cm³/mol. The molecule has 7 heteroatoms. The third kappa shape index (κ3) is 2.87. The summed E-state index contributed by atoms with van der Waals surface area (Å²) in [6.07, 6.45) is 9.24. The highest BCUT2D eigenvalue weighted by Gasteiger charge is 2.20. The van der Waals surface area contributed by atoms with Crippen LogP contribution < -0.4 is 4.90 Å². The molecule has 0 aromatic carbocycles. The molecule has 0 unspecified atom stereocenters. The Kier molecular flexibility index (Phi) is 3.63. The highest BCUT2D eigenvalue weighted by molar-refractivity contribution is 5.88. The topological polar surface area (TPSA) is 63.0 Å². The number of hydrogen-bond donors (Lipinski definition) is 0. The number of rotatable bonds is 3. The van der Waals surface area contributed by atoms with E-state index in [2.05, 4.69) is 36.0 Å². The van der Waals surface area contributed by atoms with Crippen molar-refractivity contribution in [1.29, 1.82) is 0 Å². The lowest BCUT2D eigenvalue weighted by Gasteiger charge is -2.35. The standard InChI is InChI=1S/C16H19N7/c1-21-10-13(8-20-21)11-22-4-6-23(7-5-22)16-14-2-3-17-9-15(14)18-12-19-16/h2-3,8-10,12H,4-7,11H2,1H3. The lowest BCUT2D eigenvalue weighted by molar-refractivity contribution is 0.249. The van der Waals surface area contributed by atoms with Crippen LogP contribution in [0, 0.1) is 0 Å². The number of anilines is 1. The Morgan fingerprint density at radius 3 is 2.74 bits per heavy atom. The summed E-state index contributed by atoms with van der Waals surface area (Å²) >= 11 is 0. The van der Waals surface area contributed by atoms with Gasteiger partial charge in [0.1, 0.15) is 12.1 Å². The first-order valence-corrected chi connectivity index (χ1v) is 7.79. The largest absolute Gasteiger partial charge is 0.353 e. The molecule has 0 radical (unpaired) electrons. The van der Waals surface area contributed by atoms with E-state index in [9.17, 15) is 0 Å². The molecule has 1 fully saturated rings. The summed E-state index contributed by atoms with van der Waals surface area (Å²) < 4.78 is 1.85. The minimum atomic E-state index is 0.898. The summed E-state index contributed by atoms with van der Waals surface area (Å²) in [6, 6.07) is 1.99. The average Bonchev–Trinajstić information content (AvgIpc) is 3.00. The van der Waals surface area contributed by atoms with E-state index in [1.54, 1.807) is 18.7 Å². The number of nitrogens with zero attached hydrogens (tertiary/aromatic N) is 7. The summed E-state index contributed by atoms with van der Waals surface area (Å²) in [6.45, 7) is 4.93. The second-order valence-corrected chi connectivity index (χ2v) is 5.88. The molecule has 118 valence electrons. The van der Waals surface area contributed by atoms with Crippen LogP contribution in [0.2, 0.25) is 0 Å². The Labute approximate surface area is 134 Å². The van der Waals surface area contributed by atoms with Gasteiger partial charge in [0.2, 0.25) is 0 Å². The van der Waals surface area contributed by atoms with E-state index in [1.165, 1.54) is 5.56 Å². The number of aryl methyl sites for hydroxylation is 1. The summed E-state index contributed by atoms with van der Waals surface area (Å²) in [5, 5.41) is 5.31. The normalized spacial score (nSPS) is 16.1. The van der Waals surface area contributed by atoms with Gasteiger partial charge >= 0.3 is 0 Å². The summed E-state index contributed by atoms with van der Waals surface area (Å²) in [4.78, 5) is 17.7. The molecule has 1 saturated heterocycles. The van der Waals surface area contributed by atoms with Crippen molar-refractivity contribution in [3.05, 3.63) is 42.7 Å². The Balaban J connectivity index is 1.46. The summed E-state index contributed by atoms with van der Waals surface area (Å²) in [5.74, 6) is 1.01. The zero-order chi connectivity index (χ0) is 15.6. The second-order valence-electron chi connectivity index (χ2n) is 5.88. The molecular weight excluding hydrogens is 290 g/mol. The van der Waals surface area contributed by atoms with Crippen LogP contribution in [0.25, 0.3) is 10.9 Å². The van der Waals surface area contributed by atoms with Crippen LogP contribution in [0.1, 0.15) is 5.56 Å². The van der Waals surface area contributed by atoms with Crippen molar-refractivity contribution in [2.45, 2.75) is 6.54 Å². The SMILES string of the molecule is Cn1cc(CN2CCN(c3ncnc4cnccc34)CC2)cn1. The first kappa shape index (κ1) is 14.1. The van der Waals surface area contributed by atoms with Gasteiger partial charge < -0.3 is 4.90 Å². The average molecular weight is 309 g/mol. The van der Waals surface area contributed by atoms with Crippen LogP contribution in [-0.2, 0) is 13.6 Å². The summed E-state index contributed by atoms with van der Waals surface area (Å²) in [5.41, 5.74) is 2.16. The van der Waals surface area contributed by atoms with E-state index < -0.39 is 0 Å². The maximum Gasteiger partial charge on any atom is 0.140 e. The second kappa shape index (κ2) is 5.92. The van der Waals surface area contributed by atoms with Gasteiger partial charge in [-0.3, -0.25) is 14.6 Å². The molecule has 1 aliphatic heterocycles. The highest BCUT2D eigenvalue weighted by atomic mass is 15.3. The fourth-order valence-corrected chi connectivity index (χ4v) is 3.07. The fourth-order valence-electron chi connectivity index (χ4n) is 3.07. The lowest BCUT2D eigenvalue weighted by atomic mass is 10.2. The van der Waals surface area contributed by atoms with E-state index in [0.717, 1.165) is 49.4 Å². The number of hydrogen-bond acceptors (Lipinski definition) is 6. The molecule has 1 aliphatic rings. The molecule has 23 heavy (non-hydrogen) atoms. The highest BCUT2D eigenvalue weighted by Crippen LogP contribution is 2.23. The molecule has 0 N–H and O–H groups in total. The van der Waals surface area contributed by atoms with Crippen LogP contribution >= 0.6 is 0 Å². The molecule has 7 nitrogen and oxygen atoms in total. The zero-order valence-electron chi connectivity index (χ0n) is 13.1. The van der Waals surface area contributed by atoms with Crippen molar-refractivity contribution in [2.75, 3.05) is 31.1 Å². The molecule has 4 rings (SSSR count). The van der Waals surface area contributed by atoms with Crippen LogP contribution in [-0.4, -0.2) is 55.8 Å². The number of piperazine rings is 1. The van der Waals surface area contributed by atoms with Crippen molar-refractivity contribution in [3.8, 4) is 0 Å². The molecular formula is C16H19N7. The van der Waals surface area contributed by atoms with Gasteiger partial charge in [-0.2, -0.15) is 5.10 Å². The molecule has 0 atom stereocenters. The third-order valence-electron chi connectivity index (χ3n) is 4.25. The molecule has 3 aromatic heterocycles. The number of pyridine rings is 1. The monoisotopic (exact) mass is 309 g/mol. The molecule has 0 bridgehead atoms. The van der Waals surface area contributed by atoms with Crippen LogP contribution in [0.3, 0.4) is 0 Å². The lowest BCUT2D eigenvalue weighted by Crippen LogP contribution is -2.46.